The number of hydrogen-bond acceptors (Lipinski definition) is 3. The summed E-state index contributed by atoms with van der Waals surface area (Å²) in [4.78, 5) is 12.2. The fraction of sp³-hybridized carbons (Fsp3) is 0.312. The van der Waals surface area contributed by atoms with Crippen molar-refractivity contribution in [2.45, 2.75) is 33.2 Å². The van der Waals surface area contributed by atoms with Gasteiger partial charge in [0, 0.05) is 0 Å². The van der Waals surface area contributed by atoms with Crippen LogP contribution in [0.2, 0.25) is 0 Å². The van der Waals surface area contributed by atoms with Crippen LogP contribution in [0.4, 0.5) is 0 Å². The highest BCUT2D eigenvalue weighted by atomic mass is 16.3. The Hall–Kier alpha value is -2.23. The van der Waals surface area contributed by atoms with Gasteiger partial charge in [-0.2, -0.15) is 0 Å². The van der Waals surface area contributed by atoms with Crippen LogP contribution in [0.1, 0.15) is 47.3 Å². The molecule has 1 aromatic carbocycles. The normalized spacial score (nSPS) is 12.2. The molecule has 0 radical (unpaired) electrons. The number of carbonyl (C=O) groups is 1. The van der Waals surface area contributed by atoms with Crippen molar-refractivity contribution in [1.29, 1.82) is 0 Å². The van der Waals surface area contributed by atoms with Crippen molar-refractivity contribution in [2.75, 3.05) is 0 Å². The van der Waals surface area contributed by atoms with E-state index in [1.807, 2.05) is 39.0 Å². The average Bonchev–Trinajstić information content (AvgIpc) is 2.86. The average molecular weight is 273 g/mol. The SMILES string of the molecule is CCc1ccc(O)c(C(=O)NC(C)c2ccc(C)o2)c1. The maximum atomic E-state index is 12.2. The van der Waals surface area contributed by atoms with Crippen LogP contribution in [0.15, 0.2) is 34.7 Å². The lowest BCUT2D eigenvalue weighted by atomic mass is 10.1. The number of aryl methyl sites for hydroxylation is 2. The van der Waals surface area contributed by atoms with Gasteiger partial charge < -0.3 is 14.8 Å². The Morgan fingerprint density at radius 3 is 2.70 bits per heavy atom. The minimum absolute atomic E-state index is 0.0116. The number of benzene rings is 1. The fourth-order valence-corrected chi connectivity index (χ4v) is 2.02. The number of furan rings is 1. The maximum Gasteiger partial charge on any atom is 0.255 e. The first kappa shape index (κ1) is 14.2. The Balaban J connectivity index is 2.15. The van der Waals surface area contributed by atoms with Gasteiger partial charge in [0.2, 0.25) is 0 Å². The van der Waals surface area contributed by atoms with Gasteiger partial charge in [-0.1, -0.05) is 13.0 Å². The van der Waals surface area contributed by atoms with Crippen LogP contribution in [0.25, 0.3) is 0 Å². The predicted molar refractivity (Wildman–Crippen MR) is 76.8 cm³/mol. The first-order valence-electron chi connectivity index (χ1n) is 6.70. The van der Waals surface area contributed by atoms with Crippen molar-refractivity contribution in [3.8, 4) is 5.75 Å². The van der Waals surface area contributed by atoms with Crippen molar-refractivity contribution >= 4 is 5.91 Å². The summed E-state index contributed by atoms with van der Waals surface area (Å²) in [5.41, 5.74) is 1.30. The van der Waals surface area contributed by atoms with Gasteiger partial charge >= 0.3 is 0 Å². The molecule has 1 atom stereocenters. The van der Waals surface area contributed by atoms with E-state index in [0.29, 0.717) is 11.3 Å². The van der Waals surface area contributed by atoms with Gasteiger partial charge in [-0.3, -0.25) is 4.79 Å². The molecule has 4 heteroatoms. The minimum atomic E-state index is -0.306. The van der Waals surface area contributed by atoms with Gasteiger partial charge in [0.25, 0.3) is 5.91 Å². The summed E-state index contributed by atoms with van der Waals surface area (Å²) in [7, 11) is 0. The van der Waals surface area contributed by atoms with E-state index >= 15 is 0 Å². The molecule has 0 bridgehead atoms. The summed E-state index contributed by atoms with van der Waals surface area (Å²) in [6, 6.07) is 8.52. The first-order valence-corrected chi connectivity index (χ1v) is 6.70. The Kier molecular flexibility index (Phi) is 4.13. The van der Waals surface area contributed by atoms with Crippen molar-refractivity contribution in [3.63, 3.8) is 0 Å². The van der Waals surface area contributed by atoms with E-state index in [9.17, 15) is 9.90 Å². The summed E-state index contributed by atoms with van der Waals surface area (Å²) < 4.78 is 5.48. The molecule has 0 aliphatic heterocycles. The molecule has 0 saturated heterocycles. The molecule has 20 heavy (non-hydrogen) atoms. The highest BCUT2D eigenvalue weighted by Crippen LogP contribution is 2.21. The lowest BCUT2D eigenvalue weighted by molar-refractivity contribution is 0.0932. The number of aromatic hydroxyl groups is 1. The molecule has 1 heterocycles. The number of nitrogens with one attached hydrogen (secondary N) is 1. The van der Waals surface area contributed by atoms with Crippen LogP contribution in [-0.4, -0.2) is 11.0 Å². The van der Waals surface area contributed by atoms with Gasteiger partial charge in [-0.25, -0.2) is 0 Å². The lowest BCUT2D eigenvalue weighted by Crippen LogP contribution is -2.26. The van der Waals surface area contributed by atoms with Crippen molar-refractivity contribution in [1.82, 2.24) is 5.32 Å². The Morgan fingerprint density at radius 1 is 1.35 bits per heavy atom. The van der Waals surface area contributed by atoms with Crippen LogP contribution in [0, 0.1) is 6.92 Å². The van der Waals surface area contributed by atoms with Crippen LogP contribution >= 0.6 is 0 Å². The van der Waals surface area contributed by atoms with Gasteiger partial charge in [-0.15, -0.1) is 0 Å². The number of hydrogen-bond donors (Lipinski definition) is 2. The molecule has 0 spiro atoms. The number of phenolic OH excluding ortho intramolecular Hbond substituents is 1. The van der Waals surface area contributed by atoms with E-state index in [2.05, 4.69) is 5.32 Å². The molecule has 1 unspecified atom stereocenters. The summed E-state index contributed by atoms with van der Waals surface area (Å²) >= 11 is 0. The molecule has 0 aliphatic rings. The van der Waals surface area contributed by atoms with Gasteiger partial charge in [0.1, 0.15) is 17.3 Å². The summed E-state index contributed by atoms with van der Waals surface area (Å²) in [5.74, 6) is 1.18. The molecule has 0 aliphatic carbocycles. The number of phenols is 1. The van der Waals surface area contributed by atoms with E-state index in [4.69, 9.17) is 4.42 Å². The third kappa shape index (κ3) is 3.02. The van der Waals surface area contributed by atoms with Crippen LogP contribution < -0.4 is 5.32 Å². The van der Waals surface area contributed by atoms with E-state index < -0.39 is 0 Å². The Labute approximate surface area is 118 Å². The quantitative estimate of drug-likeness (QED) is 0.898. The number of carbonyl (C=O) groups excluding carboxylic acids is 1. The van der Waals surface area contributed by atoms with Crippen LogP contribution in [0.5, 0.6) is 5.75 Å². The van der Waals surface area contributed by atoms with E-state index in [0.717, 1.165) is 17.7 Å². The van der Waals surface area contributed by atoms with Crippen molar-refractivity contribution in [3.05, 3.63) is 53.0 Å². The second kappa shape index (κ2) is 5.82. The van der Waals surface area contributed by atoms with Gasteiger partial charge in [0.15, 0.2) is 0 Å². The third-order valence-electron chi connectivity index (χ3n) is 3.25. The largest absolute Gasteiger partial charge is 0.507 e. The van der Waals surface area contributed by atoms with Crippen molar-refractivity contribution in [2.24, 2.45) is 0 Å². The summed E-state index contributed by atoms with van der Waals surface area (Å²) in [6.45, 7) is 5.70. The molecule has 1 aromatic heterocycles. The smallest absolute Gasteiger partial charge is 0.255 e. The number of rotatable bonds is 4. The summed E-state index contributed by atoms with van der Waals surface area (Å²) in [6.07, 6.45) is 0.813. The Morgan fingerprint density at radius 2 is 2.10 bits per heavy atom. The molecule has 106 valence electrons. The standard InChI is InChI=1S/C16H19NO3/c1-4-12-6-7-14(18)13(9-12)16(19)17-11(3)15-8-5-10(2)20-15/h5-9,11,18H,4H2,1-3H3,(H,17,19). The fourth-order valence-electron chi connectivity index (χ4n) is 2.02. The van der Waals surface area contributed by atoms with Gasteiger partial charge in [0.05, 0.1) is 11.6 Å². The van der Waals surface area contributed by atoms with E-state index in [1.54, 1.807) is 12.1 Å². The monoisotopic (exact) mass is 273 g/mol. The molecule has 2 rings (SSSR count). The zero-order chi connectivity index (χ0) is 14.7. The van der Waals surface area contributed by atoms with Crippen molar-refractivity contribution < 1.29 is 14.3 Å². The highest BCUT2D eigenvalue weighted by Gasteiger charge is 2.17. The maximum absolute atomic E-state index is 12.2. The molecule has 1 amide bonds. The zero-order valence-corrected chi connectivity index (χ0v) is 11.9. The topological polar surface area (TPSA) is 62.5 Å². The molecule has 2 N–H and O–H groups in total. The third-order valence-corrected chi connectivity index (χ3v) is 3.25. The first-order chi connectivity index (χ1) is 9.51. The van der Waals surface area contributed by atoms with E-state index in [1.165, 1.54) is 0 Å². The van der Waals surface area contributed by atoms with E-state index in [-0.39, 0.29) is 17.7 Å². The zero-order valence-electron chi connectivity index (χ0n) is 11.9. The molecular formula is C16H19NO3. The summed E-state index contributed by atoms with van der Waals surface area (Å²) in [5, 5.41) is 12.6. The van der Waals surface area contributed by atoms with Gasteiger partial charge in [-0.05, 0) is 50.1 Å². The minimum Gasteiger partial charge on any atom is -0.507 e. The Bertz CT molecular complexity index is 616. The second-order valence-corrected chi connectivity index (χ2v) is 4.85. The molecule has 4 nitrogen and oxygen atoms in total. The molecule has 0 fully saturated rings. The second-order valence-electron chi connectivity index (χ2n) is 4.85. The lowest BCUT2D eigenvalue weighted by Gasteiger charge is -2.13. The highest BCUT2D eigenvalue weighted by molar-refractivity contribution is 5.97. The van der Waals surface area contributed by atoms with Crippen LogP contribution in [0.3, 0.4) is 0 Å². The molecular weight excluding hydrogens is 254 g/mol. The van der Waals surface area contributed by atoms with Crippen LogP contribution in [-0.2, 0) is 6.42 Å². The number of amides is 1. The molecule has 0 saturated carbocycles. The predicted octanol–water partition coefficient (Wildman–Crippen LogP) is 3.35. The molecule has 2 aromatic rings.